The number of rotatable bonds is 6. The van der Waals surface area contributed by atoms with E-state index in [0.717, 1.165) is 24.8 Å². The number of imidazole rings is 1. The summed E-state index contributed by atoms with van der Waals surface area (Å²) < 4.78 is 40.9. The van der Waals surface area contributed by atoms with Gasteiger partial charge in [-0.15, -0.1) is 0 Å². The highest BCUT2D eigenvalue weighted by molar-refractivity contribution is 6.36. The van der Waals surface area contributed by atoms with Gasteiger partial charge in [0.15, 0.2) is 0 Å². The van der Waals surface area contributed by atoms with E-state index in [2.05, 4.69) is 15.3 Å². The van der Waals surface area contributed by atoms with Gasteiger partial charge in [-0.3, -0.25) is 18.8 Å². The molecule has 3 N–H and O–H groups in total. The van der Waals surface area contributed by atoms with Gasteiger partial charge in [-0.05, 0) is 44.0 Å². The lowest BCUT2D eigenvalue weighted by Gasteiger charge is -2.37. The molecule has 1 aliphatic rings. The Hall–Kier alpha value is -4.81. The Morgan fingerprint density at radius 1 is 1.07 bits per heavy atom. The fraction of sp³-hybridized carbons (Fsp3) is 0.310. The topological polar surface area (TPSA) is 136 Å². The van der Waals surface area contributed by atoms with E-state index in [1.165, 1.54) is 12.1 Å². The fourth-order valence-corrected chi connectivity index (χ4v) is 5.13. The van der Waals surface area contributed by atoms with Crippen LogP contribution in [-0.4, -0.2) is 54.4 Å². The molecule has 2 amide bonds. The second kappa shape index (κ2) is 11.2. The van der Waals surface area contributed by atoms with E-state index in [1.807, 2.05) is 11.3 Å². The first-order valence-electron chi connectivity index (χ1n) is 13.4. The lowest BCUT2D eigenvalue weighted by atomic mass is 9.92. The van der Waals surface area contributed by atoms with Gasteiger partial charge in [-0.2, -0.15) is 13.2 Å². The molecule has 0 unspecified atom stereocenters. The van der Waals surface area contributed by atoms with Crippen molar-refractivity contribution >= 4 is 34.8 Å². The molecule has 0 saturated carbocycles. The molecule has 4 aromatic rings. The highest BCUT2D eigenvalue weighted by Crippen LogP contribution is 2.35. The summed E-state index contributed by atoms with van der Waals surface area (Å²) in [4.78, 5) is 52.2. The first kappa shape index (κ1) is 28.7. The lowest BCUT2D eigenvalue weighted by molar-refractivity contribution is -0.147. The number of fused-ring (bicyclic) bond motifs is 1. The van der Waals surface area contributed by atoms with Crippen molar-refractivity contribution in [2.75, 3.05) is 17.6 Å². The Bertz CT molecular complexity index is 1670. The van der Waals surface area contributed by atoms with Crippen molar-refractivity contribution in [1.29, 1.82) is 0 Å². The van der Waals surface area contributed by atoms with Gasteiger partial charge in [0.05, 0.1) is 5.56 Å². The molecule has 0 spiro atoms. The van der Waals surface area contributed by atoms with Crippen LogP contribution in [0.2, 0.25) is 0 Å². The number of piperidine rings is 1. The summed E-state index contributed by atoms with van der Waals surface area (Å²) in [5.74, 6) is -1.04. The fourth-order valence-electron chi connectivity index (χ4n) is 5.13. The zero-order chi connectivity index (χ0) is 30.2. The first-order valence-corrected chi connectivity index (χ1v) is 13.4. The van der Waals surface area contributed by atoms with Crippen molar-refractivity contribution in [3.8, 4) is 11.3 Å². The number of nitrogen functional groups attached to an aromatic ring is 1. The van der Waals surface area contributed by atoms with Crippen LogP contribution in [0.3, 0.4) is 0 Å². The molecule has 42 heavy (non-hydrogen) atoms. The van der Waals surface area contributed by atoms with Gasteiger partial charge in [-0.25, -0.2) is 15.0 Å². The normalized spacial score (nSPS) is 17.3. The number of carbonyl (C=O) groups is 3. The molecule has 0 aliphatic carbocycles. The average molecular weight is 580 g/mol. The van der Waals surface area contributed by atoms with Crippen LogP contribution in [0.4, 0.5) is 24.8 Å². The molecule has 13 heteroatoms. The van der Waals surface area contributed by atoms with Crippen molar-refractivity contribution in [2.45, 2.75) is 51.2 Å². The monoisotopic (exact) mass is 579 g/mol. The summed E-state index contributed by atoms with van der Waals surface area (Å²) in [6.45, 7) is 3.91. The van der Waals surface area contributed by atoms with Crippen LogP contribution in [0.25, 0.3) is 16.8 Å². The largest absolute Gasteiger partial charge is 0.416 e. The number of carbonyl (C=O) groups excluding carboxylic acids is 3. The van der Waals surface area contributed by atoms with Crippen LogP contribution in [0, 0.1) is 0 Å². The average Bonchev–Trinajstić information content (AvgIpc) is 3.37. The number of Topliss-reactive ketones (excluding diaryl/α,β-unsaturated/α-hetero) is 1. The third-order valence-electron chi connectivity index (χ3n) is 7.43. The van der Waals surface area contributed by atoms with Crippen LogP contribution in [-0.2, 0) is 15.8 Å². The number of anilines is 2. The zero-order valence-electron chi connectivity index (χ0n) is 22.9. The van der Waals surface area contributed by atoms with Gasteiger partial charge in [0.25, 0.3) is 11.8 Å². The quantitative estimate of drug-likeness (QED) is 0.316. The molecule has 218 valence electrons. The van der Waals surface area contributed by atoms with Crippen molar-refractivity contribution in [1.82, 2.24) is 24.3 Å². The van der Waals surface area contributed by atoms with Gasteiger partial charge in [0, 0.05) is 54.6 Å². The second-order valence-corrected chi connectivity index (χ2v) is 10.2. The molecule has 1 fully saturated rings. The van der Waals surface area contributed by atoms with Crippen molar-refractivity contribution in [3.05, 3.63) is 71.9 Å². The van der Waals surface area contributed by atoms with E-state index in [9.17, 15) is 27.6 Å². The van der Waals surface area contributed by atoms with Gasteiger partial charge in [0.2, 0.25) is 5.78 Å². The molecule has 0 bridgehead atoms. The van der Waals surface area contributed by atoms with E-state index in [-0.39, 0.29) is 35.6 Å². The minimum atomic E-state index is -4.57. The minimum absolute atomic E-state index is 0.0773. The predicted molar refractivity (Wildman–Crippen MR) is 148 cm³/mol. The number of ketones is 1. The number of pyridine rings is 1. The smallest absolute Gasteiger partial charge is 0.382 e. The highest BCUT2D eigenvalue weighted by Gasteiger charge is 2.35. The molecule has 1 aliphatic heterocycles. The van der Waals surface area contributed by atoms with E-state index in [4.69, 9.17) is 10.7 Å². The maximum atomic E-state index is 13.0. The Morgan fingerprint density at radius 3 is 2.50 bits per heavy atom. The number of hydrogen-bond acceptors (Lipinski definition) is 7. The first-order chi connectivity index (χ1) is 20.0. The lowest BCUT2D eigenvalue weighted by Crippen LogP contribution is -2.47. The molecule has 1 aromatic carbocycles. The highest BCUT2D eigenvalue weighted by atomic mass is 19.4. The molecule has 1 saturated heterocycles. The summed E-state index contributed by atoms with van der Waals surface area (Å²) in [5.41, 5.74) is 7.24. The van der Waals surface area contributed by atoms with E-state index in [0.29, 0.717) is 35.6 Å². The Kier molecular flexibility index (Phi) is 7.67. The van der Waals surface area contributed by atoms with E-state index in [1.54, 1.807) is 36.4 Å². The third-order valence-corrected chi connectivity index (χ3v) is 7.43. The molecular weight excluding hydrogens is 551 g/mol. The molecule has 3 aromatic heterocycles. The van der Waals surface area contributed by atoms with E-state index >= 15 is 0 Å². The number of alkyl halides is 3. The third kappa shape index (κ3) is 5.54. The molecule has 2 atom stereocenters. The Balaban J connectivity index is 1.43. The molecule has 10 nitrogen and oxygen atoms in total. The van der Waals surface area contributed by atoms with Crippen molar-refractivity contribution < 1.29 is 27.6 Å². The Labute approximate surface area is 238 Å². The number of nitrogens with two attached hydrogens (primary N) is 1. The summed E-state index contributed by atoms with van der Waals surface area (Å²) >= 11 is 0. The van der Waals surface area contributed by atoms with Gasteiger partial charge < -0.3 is 16.0 Å². The second-order valence-electron chi connectivity index (χ2n) is 10.2. The maximum Gasteiger partial charge on any atom is 0.416 e. The Morgan fingerprint density at radius 2 is 1.81 bits per heavy atom. The van der Waals surface area contributed by atoms with Crippen LogP contribution in [0.1, 0.15) is 60.8 Å². The molecular formula is C29H28F3N7O3. The summed E-state index contributed by atoms with van der Waals surface area (Å²) in [6.07, 6.45) is 1.28. The van der Waals surface area contributed by atoms with Crippen LogP contribution < -0.4 is 11.1 Å². The number of halogens is 3. The number of hydrogen-bond donors (Lipinski definition) is 2. The summed E-state index contributed by atoms with van der Waals surface area (Å²) in [6, 6.07) is 7.87. The van der Waals surface area contributed by atoms with Crippen molar-refractivity contribution in [3.63, 3.8) is 0 Å². The summed E-state index contributed by atoms with van der Waals surface area (Å²) in [5, 5.41) is 2.39. The van der Waals surface area contributed by atoms with Crippen LogP contribution in [0.5, 0.6) is 0 Å². The molecule has 5 rings (SSSR count). The maximum absolute atomic E-state index is 13.0. The minimum Gasteiger partial charge on any atom is -0.382 e. The van der Waals surface area contributed by atoms with Gasteiger partial charge in [0.1, 0.15) is 28.7 Å². The molecule has 4 heterocycles. The number of nitrogens with one attached hydrogen (secondary N) is 1. The number of amides is 2. The predicted octanol–water partition coefficient (Wildman–Crippen LogP) is 4.72. The van der Waals surface area contributed by atoms with Crippen LogP contribution in [0.15, 0.2) is 55.0 Å². The zero-order valence-corrected chi connectivity index (χ0v) is 22.9. The molecule has 0 radical (unpaired) electrons. The van der Waals surface area contributed by atoms with Gasteiger partial charge in [-0.1, -0.05) is 19.1 Å². The number of aromatic nitrogens is 4. The van der Waals surface area contributed by atoms with Gasteiger partial charge >= 0.3 is 6.18 Å². The standard InChI is InChI=1S/C29H28F3N7O3/c1-3-21(40)28(42)39-15-19(5-4-16(39)2)26-37-23(24-25(33)35-12-13-38(24)26)17-6-8-18(9-7-17)27(41)36-22-14-20(10-11-34-22)29(30,31)32/h6-14,16,19H,3-5,15H2,1-2H3,(H2,33,35)(H,34,36,41)/t16-,19+/m1/s1. The number of nitrogens with zero attached hydrogens (tertiary/aromatic N) is 5. The van der Waals surface area contributed by atoms with E-state index < -0.39 is 29.3 Å². The number of likely N-dealkylation sites (tertiary alicyclic amines) is 1. The van der Waals surface area contributed by atoms with Crippen LogP contribution >= 0.6 is 0 Å². The SMILES string of the molecule is CCC(=O)C(=O)N1C[C@@H](c2nc(-c3ccc(C(=O)Nc4cc(C(F)(F)F)ccn4)cc3)c3c(N)nccn23)CC[C@H]1C. The number of benzene rings is 1. The summed E-state index contributed by atoms with van der Waals surface area (Å²) in [7, 11) is 0. The van der Waals surface area contributed by atoms with Crippen molar-refractivity contribution in [2.24, 2.45) is 0 Å².